The first kappa shape index (κ1) is 16.9. The van der Waals surface area contributed by atoms with Crippen LogP contribution >= 0.6 is 0 Å². The smallest absolute Gasteiger partial charge is 0.387 e. The van der Waals surface area contributed by atoms with Gasteiger partial charge in [-0.3, -0.25) is 9.78 Å². The standard InChI is InChI=1S/C15H12F4N2O2/c16-11-4-1-9(2-5-11)12(22)8-21-14(23)10-3-6-13(20-7-10)15(17,18)19/h1-7,12,22H,8H2,(H,21,23). The van der Waals surface area contributed by atoms with Crippen molar-refractivity contribution in [2.45, 2.75) is 12.3 Å². The van der Waals surface area contributed by atoms with Crippen LogP contribution in [-0.2, 0) is 6.18 Å². The summed E-state index contributed by atoms with van der Waals surface area (Å²) in [4.78, 5) is 15.0. The Hall–Kier alpha value is -2.48. The number of alkyl halides is 3. The number of hydrogen-bond donors (Lipinski definition) is 2. The monoisotopic (exact) mass is 328 g/mol. The van der Waals surface area contributed by atoms with E-state index in [0.29, 0.717) is 11.6 Å². The summed E-state index contributed by atoms with van der Waals surface area (Å²) in [5, 5.41) is 12.2. The lowest BCUT2D eigenvalue weighted by atomic mass is 10.1. The van der Waals surface area contributed by atoms with Gasteiger partial charge in [0.15, 0.2) is 0 Å². The zero-order valence-corrected chi connectivity index (χ0v) is 11.6. The molecule has 0 aliphatic carbocycles. The van der Waals surface area contributed by atoms with Gasteiger partial charge in [0.25, 0.3) is 5.91 Å². The summed E-state index contributed by atoms with van der Waals surface area (Å²) >= 11 is 0. The number of carbonyl (C=O) groups excluding carboxylic acids is 1. The quantitative estimate of drug-likeness (QED) is 0.849. The molecule has 1 heterocycles. The van der Waals surface area contributed by atoms with Gasteiger partial charge >= 0.3 is 6.18 Å². The SMILES string of the molecule is O=C(NCC(O)c1ccc(F)cc1)c1ccc(C(F)(F)F)nc1. The van der Waals surface area contributed by atoms with E-state index >= 15 is 0 Å². The zero-order chi connectivity index (χ0) is 17.0. The fourth-order valence-corrected chi connectivity index (χ4v) is 1.79. The van der Waals surface area contributed by atoms with Gasteiger partial charge in [-0.05, 0) is 29.8 Å². The molecule has 0 aliphatic heterocycles. The number of rotatable bonds is 4. The fraction of sp³-hybridized carbons (Fsp3) is 0.200. The lowest BCUT2D eigenvalue weighted by Crippen LogP contribution is -2.28. The number of pyridine rings is 1. The van der Waals surface area contributed by atoms with Crippen molar-refractivity contribution in [1.29, 1.82) is 0 Å². The molecule has 1 amide bonds. The van der Waals surface area contributed by atoms with Crippen LogP contribution in [0.4, 0.5) is 17.6 Å². The Labute approximate surface area is 128 Å². The maximum Gasteiger partial charge on any atom is 0.433 e. The number of aliphatic hydroxyl groups excluding tert-OH is 1. The van der Waals surface area contributed by atoms with Crippen molar-refractivity contribution in [3.8, 4) is 0 Å². The molecule has 1 aromatic carbocycles. The number of halogens is 4. The van der Waals surface area contributed by atoms with Gasteiger partial charge in [-0.25, -0.2) is 4.39 Å². The zero-order valence-electron chi connectivity index (χ0n) is 11.6. The number of nitrogens with one attached hydrogen (secondary N) is 1. The summed E-state index contributed by atoms with van der Waals surface area (Å²) in [5.74, 6) is -1.13. The molecule has 0 radical (unpaired) electrons. The number of aromatic nitrogens is 1. The number of carbonyl (C=O) groups is 1. The molecule has 2 aromatic rings. The van der Waals surface area contributed by atoms with Crippen molar-refractivity contribution in [3.05, 3.63) is 65.2 Å². The third-order valence-corrected chi connectivity index (χ3v) is 3.03. The molecule has 0 spiro atoms. The molecule has 0 saturated heterocycles. The molecule has 1 unspecified atom stereocenters. The Morgan fingerprint density at radius 1 is 1.17 bits per heavy atom. The van der Waals surface area contributed by atoms with E-state index in [9.17, 15) is 27.5 Å². The maximum atomic E-state index is 12.8. The second-order valence-corrected chi connectivity index (χ2v) is 4.71. The summed E-state index contributed by atoms with van der Waals surface area (Å²) in [6, 6.07) is 6.76. The van der Waals surface area contributed by atoms with Crippen LogP contribution in [0.5, 0.6) is 0 Å². The van der Waals surface area contributed by atoms with Gasteiger partial charge < -0.3 is 10.4 Å². The Morgan fingerprint density at radius 2 is 1.83 bits per heavy atom. The maximum absolute atomic E-state index is 12.8. The van der Waals surface area contributed by atoms with Crippen LogP contribution < -0.4 is 5.32 Å². The Kier molecular flexibility index (Phi) is 4.95. The van der Waals surface area contributed by atoms with E-state index < -0.39 is 29.7 Å². The summed E-state index contributed by atoms with van der Waals surface area (Å²) < 4.78 is 49.9. The van der Waals surface area contributed by atoms with Crippen LogP contribution in [0, 0.1) is 5.82 Å². The summed E-state index contributed by atoms with van der Waals surface area (Å²) in [6.45, 7) is -0.175. The van der Waals surface area contributed by atoms with Gasteiger partial charge in [0, 0.05) is 12.7 Å². The van der Waals surface area contributed by atoms with Crippen molar-refractivity contribution in [2.24, 2.45) is 0 Å². The Bertz CT molecular complexity index is 669. The van der Waals surface area contributed by atoms with Crippen molar-refractivity contribution >= 4 is 5.91 Å². The van der Waals surface area contributed by atoms with Gasteiger partial charge in [0.05, 0.1) is 11.7 Å². The van der Waals surface area contributed by atoms with Crippen molar-refractivity contribution < 1.29 is 27.5 Å². The van der Waals surface area contributed by atoms with E-state index in [4.69, 9.17) is 0 Å². The normalized spacial score (nSPS) is 12.7. The van der Waals surface area contributed by atoms with Crippen molar-refractivity contribution in [3.63, 3.8) is 0 Å². The number of benzene rings is 1. The van der Waals surface area contributed by atoms with Gasteiger partial charge in [0.1, 0.15) is 11.5 Å². The van der Waals surface area contributed by atoms with Gasteiger partial charge in [-0.1, -0.05) is 12.1 Å². The van der Waals surface area contributed by atoms with Crippen LogP contribution in [0.15, 0.2) is 42.6 Å². The van der Waals surface area contributed by atoms with Crippen LogP contribution in [0.1, 0.15) is 27.7 Å². The molecule has 0 aliphatic rings. The fourth-order valence-electron chi connectivity index (χ4n) is 1.79. The van der Waals surface area contributed by atoms with Crippen LogP contribution in [0.25, 0.3) is 0 Å². The molecule has 122 valence electrons. The molecular weight excluding hydrogens is 316 g/mol. The third kappa shape index (κ3) is 4.49. The minimum atomic E-state index is -4.58. The first-order valence-electron chi connectivity index (χ1n) is 6.52. The minimum Gasteiger partial charge on any atom is -0.387 e. The molecule has 23 heavy (non-hydrogen) atoms. The van der Waals surface area contributed by atoms with E-state index in [1.54, 1.807) is 0 Å². The van der Waals surface area contributed by atoms with E-state index in [-0.39, 0.29) is 12.1 Å². The Morgan fingerprint density at radius 3 is 2.35 bits per heavy atom. The molecule has 1 atom stereocenters. The van der Waals surface area contributed by atoms with Crippen molar-refractivity contribution in [2.75, 3.05) is 6.54 Å². The average molecular weight is 328 g/mol. The molecule has 0 fully saturated rings. The number of aliphatic hydroxyl groups is 1. The molecule has 0 saturated carbocycles. The highest BCUT2D eigenvalue weighted by molar-refractivity contribution is 5.93. The minimum absolute atomic E-state index is 0.0655. The second-order valence-electron chi connectivity index (χ2n) is 4.71. The molecule has 8 heteroatoms. The largest absolute Gasteiger partial charge is 0.433 e. The second kappa shape index (κ2) is 6.74. The van der Waals surface area contributed by atoms with Crippen LogP contribution in [0.2, 0.25) is 0 Å². The lowest BCUT2D eigenvalue weighted by molar-refractivity contribution is -0.141. The average Bonchev–Trinajstić information content (AvgIpc) is 2.52. The van der Waals surface area contributed by atoms with E-state index in [1.807, 2.05) is 0 Å². The van der Waals surface area contributed by atoms with Crippen LogP contribution in [-0.4, -0.2) is 22.5 Å². The highest BCUT2D eigenvalue weighted by Gasteiger charge is 2.32. The highest BCUT2D eigenvalue weighted by Crippen LogP contribution is 2.27. The first-order valence-corrected chi connectivity index (χ1v) is 6.52. The van der Waals surface area contributed by atoms with E-state index in [2.05, 4.69) is 10.3 Å². The third-order valence-electron chi connectivity index (χ3n) is 3.03. The summed E-state index contributed by atoms with van der Waals surface area (Å²) in [6.07, 6.45) is -4.84. The van der Waals surface area contributed by atoms with E-state index in [0.717, 1.165) is 12.3 Å². The van der Waals surface area contributed by atoms with E-state index in [1.165, 1.54) is 24.3 Å². The van der Waals surface area contributed by atoms with Crippen molar-refractivity contribution in [1.82, 2.24) is 10.3 Å². The summed E-state index contributed by atoms with van der Waals surface area (Å²) in [5.41, 5.74) is -0.762. The Balaban J connectivity index is 1.95. The number of amides is 1. The molecular formula is C15H12F4N2O2. The number of hydrogen-bond acceptors (Lipinski definition) is 3. The van der Waals surface area contributed by atoms with Gasteiger partial charge in [-0.15, -0.1) is 0 Å². The summed E-state index contributed by atoms with van der Waals surface area (Å²) in [7, 11) is 0. The molecule has 4 nitrogen and oxygen atoms in total. The highest BCUT2D eigenvalue weighted by atomic mass is 19.4. The molecule has 2 N–H and O–H groups in total. The predicted octanol–water partition coefficient (Wildman–Crippen LogP) is 2.70. The number of nitrogens with zero attached hydrogens (tertiary/aromatic N) is 1. The topological polar surface area (TPSA) is 62.2 Å². The van der Waals surface area contributed by atoms with Gasteiger partial charge in [-0.2, -0.15) is 13.2 Å². The predicted molar refractivity (Wildman–Crippen MR) is 72.9 cm³/mol. The van der Waals surface area contributed by atoms with Gasteiger partial charge in [0.2, 0.25) is 0 Å². The van der Waals surface area contributed by atoms with Crippen LogP contribution in [0.3, 0.4) is 0 Å². The molecule has 0 bridgehead atoms. The molecule has 2 rings (SSSR count). The lowest BCUT2D eigenvalue weighted by Gasteiger charge is -2.12. The molecule has 1 aromatic heterocycles. The first-order chi connectivity index (χ1) is 10.8.